The normalized spacial score (nSPS) is 12.8. The highest BCUT2D eigenvalue weighted by Gasteiger charge is 2.28. The molecule has 7 nitrogen and oxygen atoms in total. The lowest BCUT2D eigenvalue weighted by Gasteiger charge is -2.06. The lowest BCUT2D eigenvalue weighted by atomic mass is 10.1. The molecule has 0 atom stereocenters. The zero-order valence-electron chi connectivity index (χ0n) is 14.9. The summed E-state index contributed by atoms with van der Waals surface area (Å²) in [7, 11) is 1.93. The van der Waals surface area contributed by atoms with Crippen molar-refractivity contribution < 1.29 is 4.79 Å². The number of nitrogens with one attached hydrogen (secondary N) is 1. The van der Waals surface area contributed by atoms with Crippen LogP contribution in [0, 0.1) is 0 Å². The van der Waals surface area contributed by atoms with E-state index in [2.05, 4.69) is 15.3 Å². The van der Waals surface area contributed by atoms with E-state index >= 15 is 0 Å². The van der Waals surface area contributed by atoms with Crippen LogP contribution in [0.4, 0.5) is 10.6 Å². The van der Waals surface area contributed by atoms with Gasteiger partial charge < -0.3 is 15.6 Å². The molecule has 7 heteroatoms. The van der Waals surface area contributed by atoms with E-state index in [-0.39, 0.29) is 6.03 Å². The molecule has 0 saturated heterocycles. The van der Waals surface area contributed by atoms with Crippen LogP contribution in [0.15, 0.2) is 36.7 Å². The summed E-state index contributed by atoms with van der Waals surface area (Å²) in [5, 5.41) is 4.76. The van der Waals surface area contributed by atoms with Crippen LogP contribution in [0.3, 0.4) is 0 Å². The van der Waals surface area contributed by atoms with Gasteiger partial charge >= 0.3 is 6.03 Å². The van der Waals surface area contributed by atoms with Gasteiger partial charge in [0.05, 0.1) is 23.1 Å². The lowest BCUT2D eigenvalue weighted by molar-refractivity contribution is 0.243. The molecular formula is C19H20N6O. The highest BCUT2D eigenvalue weighted by atomic mass is 16.2. The number of amides is 1. The molecule has 0 radical (unpaired) electrons. The second-order valence-corrected chi connectivity index (χ2v) is 5.92. The Bertz CT molecular complexity index is 1150. The molecular weight excluding hydrogens is 328 g/mol. The number of carbonyl (C=O) groups excluding carboxylic acids is 1. The fourth-order valence-electron chi connectivity index (χ4n) is 3.60. The Morgan fingerprint density at radius 2 is 1.96 bits per heavy atom. The number of nitrogen functional groups attached to an aromatic ring is 1. The Kier molecular flexibility index (Phi) is 3.64. The molecule has 0 unspecified atom stereocenters. The lowest BCUT2D eigenvalue weighted by Crippen LogP contribution is -2.26. The third-order valence-corrected chi connectivity index (χ3v) is 4.69. The standard InChI is InChI=1S/C17H14N6O.C2H6/c1-22-12-7-19-17(24)23-10-5-3-2-4-9(10)6-11(23)13(12)14-15(18)20-8-21-16(14)22;1-2/h2-6,8H,7H2,1H3,(H,19,24)(H2,18,20,21);1-2H3. The fraction of sp³-hybridized carbons (Fsp3) is 0.211. The summed E-state index contributed by atoms with van der Waals surface area (Å²) < 4.78 is 3.67. The van der Waals surface area contributed by atoms with Crippen LogP contribution in [0.5, 0.6) is 0 Å². The van der Waals surface area contributed by atoms with Crippen molar-refractivity contribution in [2.24, 2.45) is 7.05 Å². The number of anilines is 1. The Morgan fingerprint density at radius 1 is 1.19 bits per heavy atom. The molecule has 1 aliphatic rings. The van der Waals surface area contributed by atoms with E-state index in [0.717, 1.165) is 38.9 Å². The number of aryl methyl sites for hydroxylation is 1. The molecule has 3 aromatic heterocycles. The molecule has 4 aromatic rings. The highest BCUT2D eigenvalue weighted by Crippen LogP contribution is 2.39. The number of nitrogens with two attached hydrogens (primary N) is 1. The number of nitrogens with zero attached hydrogens (tertiary/aromatic N) is 4. The van der Waals surface area contributed by atoms with Crippen LogP contribution < -0.4 is 11.1 Å². The number of carbonyl (C=O) groups is 1. The first-order valence-corrected chi connectivity index (χ1v) is 8.63. The highest BCUT2D eigenvalue weighted by molar-refractivity contribution is 6.07. The molecule has 132 valence electrons. The maximum Gasteiger partial charge on any atom is 0.326 e. The molecule has 4 heterocycles. The average Bonchev–Trinajstić information content (AvgIpc) is 3.13. The molecule has 1 aliphatic heterocycles. The van der Waals surface area contributed by atoms with Gasteiger partial charge in [-0.15, -0.1) is 0 Å². The van der Waals surface area contributed by atoms with Crippen LogP contribution in [0.2, 0.25) is 0 Å². The number of para-hydroxylation sites is 1. The average molecular weight is 348 g/mol. The predicted molar refractivity (Wildman–Crippen MR) is 103 cm³/mol. The molecule has 1 amide bonds. The molecule has 0 aliphatic carbocycles. The molecule has 3 N–H and O–H groups in total. The van der Waals surface area contributed by atoms with Gasteiger partial charge in [0.1, 0.15) is 17.8 Å². The van der Waals surface area contributed by atoms with Crippen molar-refractivity contribution in [3.05, 3.63) is 42.4 Å². The third kappa shape index (κ3) is 2.03. The fourth-order valence-corrected chi connectivity index (χ4v) is 3.60. The summed E-state index contributed by atoms with van der Waals surface area (Å²) in [6.45, 7) is 4.41. The number of hydrogen-bond acceptors (Lipinski definition) is 4. The van der Waals surface area contributed by atoms with Gasteiger partial charge in [-0.1, -0.05) is 32.0 Å². The van der Waals surface area contributed by atoms with Crippen molar-refractivity contribution in [1.82, 2.24) is 24.4 Å². The molecule has 0 fully saturated rings. The largest absolute Gasteiger partial charge is 0.383 e. The van der Waals surface area contributed by atoms with Crippen molar-refractivity contribution in [1.29, 1.82) is 0 Å². The van der Waals surface area contributed by atoms with Crippen LogP contribution in [0.1, 0.15) is 19.5 Å². The van der Waals surface area contributed by atoms with Gasteiger partial charge in [-0.05, 0) is 12.1 Å². The van der Waals surface area contributed by atoms with E-state index in [1.54, 1.807) is 4.57 Å². The molecule has 0 saturated carbocycles. The summed E-state index contributed by atoms with van der Waals surface area (Å²) in [6, 6.07) is 9.69. The zero-order valence-corrected chi connectivity index (χ0v) is 14.9. The van der Waals surface area contributed by atoms with Crippen molar-refractivity contribution in [3.63, 3.8) is 0 Å². The van der Waals surface area contributed by atoms with Gasteiger partial charge in [-0.2, -0.15) is 0 Å². The van der Waals surface area contributed by atoms with Crippen LogP contribution in [0.25, 0.3) is 33.2 Å². The van der Waals surface area contributed by atoms with E-state index in [1.807, 2.05) is 55.8 Å². The summed E-state index contributed by atoms with van der Waals surface area (Å²) in [4.78, 5) is 21.2. The number of benzene rings is 1. The SMILES string of the molecule is CC.Cn1c2c(c3c(N)ncnc31)-c1cc3ccccc3n1C(=O)NC2. The zero-order chi connectivity index (χ0) is 18.4. The van der Waals surface area contributed by atoms with Gasteiger partial charge in [0.15, 0.2) is 0 Å². The predicted octanol–water partition coefficient (Wildman–Crippen LogP) is 3.27. The van der Waals surface area contributed by atoms with Crippen LogP contribution in [-0.2, 0) is 13.6 Å². The number of hydrogen-bond donors (Lipinski definition) is 2. The van der Waals surface area contributed by atoms with Crippen LogP contribution in [-0.4, -0.2) is 25.1 Å². The molecule has 0 bridgehead atoms. The third-order valence-electron chi connectivity index (χ3n) is 4.69. The molecule has 26 heavy (non-hydrogen) atoms. The first-order chi connectivity index (χ1) is 12.7. The minimum Gasteiger partial charge on any atom is -0.383 e. The smallest absolute Gasteiger partial charge is 0.326 e. The summed E-state index contributed by atoms with van der Waals surface area (Å²) in [5.74, 6) is 0.419. The van der Waals surface area contributed by atoms with Gasteiger partial charge in [-0.3, -0.25) is 4.57 Å². The molecule has 1 aromatic carbocycles. The van der Waals surface area contributed by atoms with E-state index in [4.69, 9.17) is 5.73 Å². The monoisotopic (exact) mass is 348 g/mol. The minimum atomic E-state index is -0.147. The first kappa shape index (κ1) is 16.1. The van der Waals surface area contributed by atoms with E-state index in [9.17, 15) is 4.79 Å². The van der Waals surface area contributed by atoms with Gasteiger partial charge in [-0.25, -0.2) is 14.8 Å². The number of aromatic nitrogens is 4. The maximum atomic E-state index is 12.7. The molecule has 0 spiro atoms. The van der Waals surface area contributed by atoms with Crippen molar-refractivity contribution in [3.8, 4) is 11.3 Å². The Hall–Kier alpha value is -3.35. The number of fused-ring (bicyclic) bond motifs is 7. The minimum absolute atomic E-state index is 0.147. The molecule has 5 rings (SSSR count). The van der Waals surface area contributed by atoms with Crippen LogP contribution >= 0.6 is 0 Å². The Labute approximate surface area is 150 Å². The van der Waals surface area contributed by atoms with E-state index < -0.39 is 0 Å². The van der Waals surface area contributed by atoms with E-state index in [1.165, 1.54) is 6.33 Å². The Balaban J connectivity index is 0.000000814. The second-order valence-electron chi connectivity index (χ2n) is 5.92. The van der Waals surface area contributed by atoms with Crippen molar-refractivity contribution in [2.75, 3.05) is 5.73 Å². The number of rotatable bonds is 0. The van der Waals surface area contributed by atoms with Crippen molar-refractivity contribution in [2.45, 2.75) is 20.4 Å². The Morgan fingerprint density at radius 3 is 2.77 bits per heavy atom. The van der Waals surface area contributed by atoms with Gasteiger partial charge in [0.25, 0.3) is 0 Å². The van der Waals surface area contributed by atoms with Gasteiger partial charge in [0, 0.05) is 23.7 Å². The van der Waals surface area contributed by atoms with Gasteiger partial charge in [0.2, 0.25) is 0 Å². The van der Waals surface area contributed by atoms with E-state index in [0.29, 0.717) is 12.4 Å². The quantitative estimate of drug-likeness (QED) is 0.510. The van der Waals surface area contributed by atoms with Crippen molar-refractivity contribution >= 4 is 33.8 Å². The summed E-state index contributed by atoms with van der Waals surface area (Å²) >= 11 is 0. The maximum absolute atomic E-state index is 12.7. The summed E-state index contributed by atoms with van der Waals surface area (Å²) in [5.41, 5.74) is 10.5. The topological polar surface area (TPSA) is 90.8 Å². The first-order valence-electron chi connectivity index (χ1n) is 8.63. The second kappa shape index (κ2) is 5.87. The summed E-state index contributed by atoms with van der Waals surface area (Å²) in [6.07, 6.45) is 1.46.